The Morgan fingerprint density at radius 3 is 2.50 bits per heavy atom. The summed E-state index contributed by atoms with van der Waals surface area (Å²) in [7, 11) is 1.86. The van der Waals surface area contributed by atoms with Crippen molar-refractivity contribution in [3.05, 3.63) is 17.3 Å². The summed E-state index contributed by atoms with van der Waals surface area (Å²) < 4.78 is 7.53. The van der Waals surface area contributed by atoms with E-state index >= 15 is 0 Å². The number of rotatable bonds is 5. The van der Waals surface area contributed by atoms with E-state index in [9.17, 15) is 4.79 Å². The Morgan fingerprint density at radius 1 is 1.21 bits per heavy atom. The number of fused-ring (bicyclic) bond motifs is 1. The van der Waals surface area contributed by atoms with Crippen molar-refractivity contribution in [2.24, 2.45) is 30.2 Å². The lowest BCUT2D eigenvalue weighted by atomic mass is 9.49. The SMILES string of the molecule is Cc1cc(C)c2c(OCC(=O)NCC34CC5CC(CC(C5)C3)C4)nn(C)c2n1. The Bertz CT molecular complexity index is 897. The molecule has 0 aromatic carbocycles. The minimum atomic E-state index is -0.0488. The second-order valence-corrected chi connectivity index (χ2v) is 9.69. The van der Waals surface area contributed by atoms with Gasteiger partial charge in [-0.2, -0.15) is 0 Å². The van der Waals surface area contributed by atoms with Gasteiger partial charge < -0.3 is 10.1 Å². The lowest BCUT2D eigenvalue weighted by Gasteiger charge is -2.56. The minimum Gasteiger partial charge on any atom is -0.466 e. The minimum absolute atomic E-state index is 0.00575. The molecule has 0 saturated heterocycles. The van der Waals surface area contributed by atoms with Crippen LogP contribution < -0.4 is 10.1 Å². The molecule has 4 aliphatic rings. The summed E-state index contributed by atoms with van der Waals surface area (Å²) >= 11 is 0. The van der Waals surface area contributed by atoms with Crippen LogP contribution in [0.1, 0.15) is 49.8 Å². The fraction of sp³-hybridized carbons (Fsp3) is 0.682. The maximum atomic E-state index is 12.5. The molecule has 4 aliphatic carbocycles. The van der Waals surface area contributed by atoms with E-state index in [0.29, 0.717) is 11.3 Å². The van der Waals surface area contributed by atoms with Crippen molar-refractivity contribution in [3.63, 3.8) is 0 Å². The lowest BCUT2D eigenvalue weighted by Crippen LogP contribution is -2.51. The maximum Gasteiger partial charge on any atom is 0.258 e. The molecular formula is C22H30N4O2. The Hall–Kier alpha value is -2.11. The summed E-state index contributed by atoms with van der Waals surface area (Å²) in [6, 6.07) is 2.02. The summed E-state index contributed by atoms with van der Waals surface area (Å²) in [4.78, 5) is 17.1. The Morgan fingerprint density at radius 2 is 1.86 bits per heavy atom. The van der Waals surface area contributed by atoms with E-state index in [1.807, 2.05) is 27.0 Å². The summed E-state index contributed by atoms with van der Waals surface area (Å²) in [5.41, 5.74) is 3.16. The third-order valence-corrected chi connectivity index (χ3v) is 7.25. The molecule has 0 aliphatic heterocycles. The van der Waals surface area contributed by atoms with Crippen molar-refractivity contribution < 1.29 is 9.53 Å². The van der Waals surface area contributed by atoms with Crippen LogP contribution in [-0.4, -0.2) is 33.8 Å². The molecule has 28 heavy (non-hydrogen) atoms. The first-order valence-electron chi connectivity index (χ1n) is 10.6. The number of carbonyl (C=O) groups is 1. The lowest BCUT2D eigenvalue weighted by molar-refractivity contribution is -0.125. The number of pyridine rings is 1. The van der Waals surface area contributed by atoms with Crippen LogP contribution in [0.15, 0.2) is 6.07 Å². The molecule has 1 N–H and O–H groups in total. The standard InChI is InChI=1S/C22H30N4O2/c1-13-4-14(2)24-20-19(13)21(25-26(20)3)28-11-18(27)23-12-22-8-15-5-16(9-22)7-17(6-15)10-22/h4,15-17H,5-12H2,1-3H3,(H,23,27). The monoisotopic (exact) mass is 382 g/mol. The molecule has 4 saturated carbocycles. The molecule has 4 fully saturated rings. The first-order chi connectivity index (χ1) is 13.4. The zero-order valence-corrected chi connectivity index (χ0v) is 17.1. The molecule has 0 atom stereocenters. The number of aryl methyl sites for hydroxylation is 3. The number of amides is 1. The van der Waals surface area contributed by atoms with Crippen molar-refractivity contribution in [1.29, 1.82) is 0 Å². The first-order valence-corrected chi connectivity index (χ1v) is 10.6. The fourth-order valence-corrected chi connectivity index (χ4v) is 6.63. The van der Waals surface area contributed by atoms with Gasteiger partial charge in [0.05, 0.1) is 5.39 Å². The highest BCUT2D eigenvalue weighted by Crippen LogP contribution is 2.59. The number of hydrogen-bond donors (Lipinski definition) is 1. The number of nitrogens with one attached hydrogen (secondary N) is 1. The number of carbonyl (C=O) groups excluding carboxylic acids is 1. The van der Waals surface area contributed by atoms with Gasteiger partial charge in [0.2, 0.25) is 5.88 Å². The average molecular weight is 383 g/mol. The topological polar surface area (TPSA) is 69.0 Å². The van der Waals surface area contributed by atoms with Gasteiger partial charge in [0.25, 0.3) is 5.91 Å². The summed E-state index contributed by atoms with van der Waals surface area (Å²) in [6.45, 7) is 4.81. The van der Waals surface area contributed by atoms with Crippen LogP contribution in [-0.2, 0) is 11.8 Å². The summed E-state index contributed by atoms with van der Waals surface area (Å²) in [5.74, 6) is 3.15. The van der Waals surface area contributed by atoms with Crippen LogP contribution in [0.3, 0.4) is 0 Å². The molecule has 6 rings (SSSR count). The van der Waals surface area contributed by atoms with Crippen molar-refractivity contribution in [2.75, 3.05) is 13.2 Å². The van der Waals surface area contributed by atoms with E-state index in [4.69, 9.17) is 4.74 Å². The molecule has 150 valence electrons. The molecule has 0 radical (unpaired) electrons. The molecule has 0 spiro atoms. The van der Waals surface area contributed by atoms with Gasteiger partial charge in [0.1, 0.15) is 0 Å². The first kappa shape index (κ1) is 18.0. The smallest absolute Gasteiger partial charge is 0.258 e. The molecule has 0 unspecified atom stereocenters. The molecule has 6 heteroatoms. The quantitative estimate of drug-likeness (QED) is 0.861. The molecule has 1 amide bonds. The zero-order valence-electron chi connectivity index (χ0n) is 17.1. The second-order valence-electron chi connectivity index (χ2n) is 9.69. The molecule has 2 aromatic heterocycles. The van der Waals surface area contributed by atoms with Gasteiger partial charge in [-0.05, 0) is 87.2 Å². The van der Waals surface area contributed by atoms with Crippen LogP contribution >= 0.6 is 0 Å². The van der Waals surface area contributed by atoms with Crippen molar-refractivity contribution in [1.82, 2.24) is 20.1 Å². The average Bonchev–Trinajstić information content (AvgIpc) is 2.93. The van der Waals surface area contributed by atoms with Gasteiger partial charge >= 0.3 is 0 Å². The predicted octanol–water partition coefficient (Wildman–Crippen LogP) is 3.30. The van der Waals surface area contributed by atoms with Crippen molar-refractivity contribution in [3.8, 4) is 5.88 Å². The summed E-state index contributed by atoms with van der Waals surface area (Å²) in [6.07, 6.45) is 8.18. The highest BCUT2D eigenvalue weighted by atomic mass is 16.5. The number of aromatic nitrogens is 3. The largest absolute Gasteiger partial charge is 0.466 e. The van der Waals surface area contributed by atoms with Gasteiger partial charge in [-0.15, -0.1) is 5.10 Å². The molecule has 2 heterocycles. The fourth-order valence-electron chi connectivity index (χ4n) is 6.63. The zero-order chi connectivity index (χ0) is 19.5. The van der Waals surface area contributed by atoms with Crippen LogP contribution in [0.5, 0.6) is 5.88 Å². The van der Waals surface area contributed by atoms with Crippen LogP contribution in [0, 0.1) is 37.0 Å². The molecule has 2 aromatic rings. The van der Waals surface area contributed by atoms with Gasteiger partial charge in [-0.3, -0.25) is 4.79 Å². The number of hydrogen-bond acceptors (Lipinski definition) is 4. The van der Waals surface area contributed by atoms with Crippen LogP contribution in [0.25, 0.3) is 11.0 Å². The van der Waals surface area contributed by atoms with Gasteiger partial charge in [-0.25, -0.2) is 9.67 Å². The van der Waals surface area contributed by atoms with E-state index in [1.165, 1.54) is 38.5 Å². The Labute approximate surface area is 166 Å². The van der Waals surface area contributed by atoms with E-state index in [1.54, 1.807) is 4.68 Å². The van der Waals surface area contributed by atoms with Gasteiger partial charge in [0, 0.05) is 19.3 Å². The maximum absolute atomic E-state index is 12.5. The van der Waals surface area contributed by atoms with E-state index < -0.39 is 0 Å². The normalized spacial score (nSPS) is 30.8. The predicted molar refractivity (Wildman–Crippen MR) is 107 cm³/mol. The highest BCUT2D eigenvalue weighted by Gasteiger charge is 2.50. The number of ether oxygens (including phenoxy) is 1. The second kappa shape index (κ2) is 6.46. The molecular weight excluding hydrogens is 352 g/mol. The number of nitrogens with zero attached hydrogens (tertiary/aromatic N) is 3. The van der Waals surface area contributed by atoms with Gasteiger partial charge in [0.15, 0.2) is 12.3 Å². The van der Waals surface area contributed by atoms with E-state index in [0.717, 1.165) is 46.6 Å². The van der Waals surface area contributed by atoms with Crippen LogP contribution in [0.4, 0.5) is 0 Å². The Kier molecular flexibility index (Phi) is 4.14. The van der Waals surface area contributed by atoms with Crippen molar-refractivity contribution >= 4 is 16.9 Å². The van der Waals surface area contributed by atoms with E-state index in [-0.39, 0.29) is 12.5 Å². The third kappa shape index (κ3) is 3.07. The van der Waals surface area contributed by atoms with Crippen LogP contribution in [0.2, 0.25) is 0 Å². The van der Waals surface area contributed by atoms with E-state index in [2.05, 4.69) is 15.4 Å². The molecule has 4 bridgehead atoms. The van der Waals surface area contributed by atoms with Crippen molar-refractivity contribution in [2.45, 2.75) is 52.4 Å². The molecule has 6 nitrogen and oxygen atoms in total. The third-order valence-electron chi connectivity index (χ3n) is 7.25. The highest BCUT2D eigenvalue weighted by molar-refractivity contribution is 5.85. The van der Waals surface area contributed by atoms with Gasteiger partial charge in [-0.1, -0.05) is 0 Å². The Balaban J connectivity index is 1.22. The summed E-state index contributed by atoms with van der Waals surface area (Å²) in [5, 5.41) is 8.50.